The lowest BCUT2D eigenvalue weighted by atomic mass is 10.2. The van der Waals surface area contributed by atoms with Crippen molar-refractivity contribution in [3.05, 3.63) is 93.5 Å². The van der Waals surface area contributed by atoms with Gasteiger partial charge in [0.05, 0.1) is 9.95 Å². The quantitative estimate of drug-likeness (QED) is 0.401. The number of ether oxygens (including phenoxy) is 1. The summed E-state index contributed by atoms with van der Waals surface area (Å²) < 4.78 is 5.58. The predicted octanol–water partition coefficient (Wildman–Crippen LogP) is 4.91. The fourth-order valence-corrected chi connectivity index (χ4v) is 2.78. The van der Waals surface area contributed by atoms with Crippen LogP contribution in [0.2, 0.25) is 5.02 Å². The van der Waals surface area contributed by atoms with E-state index in [-0.39, 0.29) is 17.2 Å². The third-order valence-corrected chi connectivity index (χ3v) is 4.57. The number of nitrogens with zero attached hydrogens (tertiary/aromatic N) is 1. The van der Waals surface area contributed by atoms with Gasteiger partial charge in [0.15, 0.2) is 6.10 Å². The normalized spacial score (nSPS) is 11.3. The minimum absolute atomic E-state index is 0.0932. The van der Waals surface area contributed by atoms with Crippen molar-refractivity contribution in [3.8, 4) is 5.75 Å². The summed E-state index contributed by atoms with van der Waals surface area (Å²) in [7, 11) is 0. The Balaban J connectivity index is 1.57. The molecule has 0 fully saturated rings. The van der Waals surface area contributed by atoms with Crippen molar-refractivity contribution in [1.82, 2.24) is 0 Å². The van der Waals surface area contributed by atoms with Gasteiger partial charge < -0.3 is 15.4 Å². The predicted molar refractivity (Wildman–Crippen MR) is 118 cm³/mol. The highest BCUT2D eigenvalue weighted by atomic mass is 35.5. The van der Waals surface area contributed by atoms with Crippen molar-refractivity contribution >= 4 is 40.5 Å². The molecule has 0 aliphatic rings. The van der Waals surface area contributed by atoms with E-state index in [4.69, 9.17) is 16.3 Å². The molecule has 0 aliphatic carbocycles. The van der Waals surface area contributed by atoms with Crippen LogP contribution in [-0.4, -0.2) is 22.8 Å². The van der Waals surface area contributed by atoms with Gasteiger partial charge in [0.1, 0.15) is 5.75 Å². The smallest absolute Gasteiger partial charge is 0.269 e. The fourth-order valence-electron chi connectivity index (χ4n) is 2.60. The molecule has 3 aromatic carbocycles. The van der Waals surface area contributed by atoms with Crippen LogP contribution in [0.3, 0.4) is 0 Å². The Hall–Kier alpha value is -3.91. The molecule has 9 heteroatoms. The third kappa shape index (κ3) is 5.80. The van der Waals surface area contributed by atoms with E-state index in [0.717, 1.165) is 0 Å². The molecule has 1 unspecified atom stereocenters. The number of hydrogen-bond donors (Lipinski definition) is 2. The van der Waals surface area contributed by atoms with Crippen molar-refractivity contribution in [2.45, 2.75) is 13.0 Å². The van der Waals surface area contributed by atoms with E-state index in [1.54, 1.807) is 55.5 Å². The first kappa shape index (κ1) is 21.8. The number of hydrogen-bond acceptors (Lipinski definition) is 5. The van der Waals surface area contributed by atoms with Crippen LogP contribution in [0.15, 0.2) is 72.8 Å². The van der Waals surface area contributed by atoms with E-state index in [9.17, 15) is 19.7 Å². The highest BCUT2D eigenvalue weighted by Gasteiger charge is 2.16. The first-order valence-corrected chi connectivity index (χ1v) is 9.59. The Labute approximate surface area is 182 Å². The zero-order valence-electron chi connectivity index (χ0n) is 16.4. The molecule has 2 amide bonds. The van der Waals surface area contributed by atoms with E-state index in [1.807, 2.05) is 0 Å². The number of para-hydroxylation sites is 1. The summed E-state index contributed by atoms with van der Waals surface area (Å²) in [5.74, 6) is -0.354. The number of carbonyl (C=O) groups is 2. The number of halogens is 1. The van der Waals surface area contributed by atoms with Crippen LogP contribution in [-0.2, 0) is 4.79 Å². The van der Waals surface area contributed by atoms with E-state index in [1.165, 1.54) is 24.3 Å². The number of rotatable bonds is 7. The molecule has 3 aromatic rings. The summed E-state index contributed by atoms with van der Waals surface area (Å²) in [4.78, 5) is 34.8. The van der Waals surface area contributed by atoms with Gasteiger partial charge in [-0.25, -0.2) is 0 Å². The molecule has 158 valence electrons. The molecule has 0 spiro atoms. The molecule has 0 heterocycles. The standard InChI is InChI=1S/C22H18ClN3O5/c1-14(31-20-5-3-2-4-19(20)23)21(27)24-16-8-10-17(11-9-16)25-22(28)15-6-12-18(13-7-15)26(29)30/h2-14H,1H3,(H,24,27)(H,25,28). The average molecular weight is 440 g/mol. The van der Waals surface area contributed by atoms with Gasteiger partial charge in [0.2, 0.25) is 0 Å². The molecule has 1 atom stereocenters. The van der Waals surface area contributed by atoms with Gasteiger partial charge in [0, 0.05) is 29.1 Å². The van der Waals surface area contributed by atoms with E-state index in [0.29, 0.717) is 22.1 Å². The third-order valence-electron chi connectivity index (χ3n) is 4.26. The van der Waals surface area contributed by atoms with Crippen LogP contribution < -0.4 is 15.4 Å². The van der Waals surface area contributed by atoms with Gasteiger partial charge >= 0.3 is 0 Å². The van der Waals surface area contributed by atoms with Crippen LogP contribution in [0.25, 0.3) is 0 Å². The zero-order chi connectivity index (χ0) is 22.4. The summed E-state index contributed by atoms with van der Waals surface area (Å²) >= 11 is 6.04. The lowest BCUT2D eigenvalue weighted by molar-refractivity contribution is -0.384. The Morgan fingerprint density at radius 1 is 0.935 bits per heavy atom. The Morgan fingerprint density at radius 3 is 2.10 bits per heavy atom. The van der Waals surface area contributed by atoms with Crippen molar-refractivity contribution < 1.29 is 19.2 Å². The number of nitro groups is 1. The second-order valence-corrected chi connectivity index (χ2v) is 6.92. The molecule has 0 saturated carbocycles. The number of nitrogens with one attached hydrogen (secondary N) is 2. The first-order chi connectivity index (χ1) is 14.8. The maximum absolute atomic E-state index is 12.4. The maximum atomic E-state index is 12.4. The molecule has 3 rings (SSSR count). The Kier molecular flexibility index (Phi) is 6.84. The van der Waals surface area contributed by atoms with Crippen molar-refractivity contribution in [2.24, 2.45) is 0 Å². The molecular formula is C22H18ClN3O5. The van der Waals surface area contributed by atoms with Gasteiger partial charge in [-0.2, -0.15) is 0 Å². The van der Waals surface area contributed by atoms with Gasteiger partial charge in [-0.1, -0.05) is 23.7 Å². The Morgan fingerprint density at radius 2 is 1.52 bits per heavy atom. The van der Waals surface area contributed by atoms with Crippen molar-refractivity contribution in [2.75, 3.05) is 10.6 Å². The van der Waals surface area contributed by atoms with E-state index >= 15 is 0 Å². The first-order valence-electron chi connectivity index (χ1n) is 9.21. The Bertz CT molecular complexity index is 1100. The van der Waals surface area contributed by atoms with Crippen LogP contribution in [0.5, 0.6) is 5.75 Å². The molecule has 8 nitrogen and oxygen atoms in total. The highest BCUT2D eigenvalue weighted by Crippen LogP contribution is 2.24. The van der Waals surface area contributed by atoms with Crippen molar-refractivity contribution in [1.29, 1.82) is 0 Å². The SMILES string of the molecule is CC(Oc1ccccc1Cl)C(=O)Nc1ccc(NC(=O)c2ccc([N+](=O)[O-])cc2)cc1. The molecule has 0 saturated heterocycles. The van der Waals surface area contributed by atoms with Crippen LogP contribution in [0.4, 0.5) is 17.1 Å². The largest absolute Gasteiger partial charge is 0.479 e. The maximum Gasteiger partial charge on any atom is 0.269 e. The second kappa shape index (κ2) is 9.73. The van der Waals surface area contributed by atoms with Crippen LogP contribution in [0, 0.1) is 10.1 Å². The zero-order valence-corrected chi connectivity index (χ0v) is 17.1. The lowest BCUT2D eigenvalue weighted by Gasteiger charge is -2.15. The number of benzene rings is 3. The van der Waals surface area contributed by atoms with Gasteiger partial charge in [-0.15, -0.1) is 0 Å². The molecular weight excluding hydrogens is 422 g/mol. The molecule has 31 heavy (non-hydrogen) atoms. The minimum atomic E-state index is -0.776. The number of non-ortho nitro benzene ring substituents is 1. The van der Waals surface area contributed by atoms with Crippen LogP contribution in [0.1, 0.15) is 17.3 Å². The molecule has 0 bridgehead atoms. The molecule has 2 N–H and O–H groups in total. The van der Waals surface area contributed by atoms with Gasteiger partial charge in [-0.05, 0) is 55.5 Å². The summed E-state index contributed by atoms with van der Waals surface area (Å²) in [5, 5.41) is 16.5. The number of carbonyl (C=O) groups excluding carboxylic acids is 2. The summed E-state index contributed by atoms with van der Waals surface area (Å²) in [6, 6.07) is 18.7. The summed E-state index contributed by atoms with van der Waals surface area (Å²) in [6.45, 7) is 1.61. The lowest BCUT2D eigenvalue weighted by Crippen LogP contribution is -2.30. The average Bonchev–Trinajstić information content (AvgIpc) is 2.76. The van der Waals surface area contributed by atoms with E-state index < -0.39 is 16.9 Å². The molecule has 0 radical (unpaired) electrons. The second-order valence-electron chi connectivity index (χ2n) is 6.52. The fraction of sp³-hybridized carbons (Fsp3) is 0.0909. The van der Waals surface area contributed by atoms with Gasteiger partial charge in [-0.3, -0.25) is 19.7 Å². The number of amides is 2. The highest BCUT2D eigenvalue weighted by molar-refractivity contribution is 6.32. The number of nitro benzene ring substituents is 1. The monoisotopic (exact) mass is 439 g/mol. The summed E-state index contributed by atoms with van der Waals surface area (Å²) in [5.41, 5.74) is 1.22. The topological polar surface area (TPSA) is 111 Å². The molecule has 0 aromatic heterocycles. The summed E-state index contributed by atoms with van der Waals surface area (Å²) in [6.07, 6.45) is -0.776. The van der Waals surface area contributed by atoms with Gasteiger partial charge in [0.25, 0.3) is 17.5 Å². The van der Waals surface area contributed by atoms with E-state index in [2.05, 4.69) is 10.6 Å². The van der Waals surface area contributed by atoms with Crippen LogP contribution >= 0.6 is 11.6 Å². The van der Waals surface area contributed by atoms with Crippen molar-refractivity contribution in [3.63, 3.8) is 0 Å². The number of anilines is 2. The minimum Gasteiger partial charge on any atom is -0.479 e. The molecule has 0 aliphatic heterocycles.